The second kappa shape index (κ2) is 9.13. The number of aliphatic carboxylic acids is 1. The van der Waals surface area contributed by atoms with Crippen molar-refractivity contribution in [2.75, 3.05) is 24.3 Å². The van der Waals surface area contributed by atoms with Crippen LogP contribution in [0.3, 0.4) is 0 Å². The summed E-state index contributed by atoms with van der Waals surface area (Å²) >= 11 is 0. The van der Waals surface area contributed by atoms with Crippen LogP contribution in [0.5, 0.6) is 0 Å². The minimum atomic E-state index is -0.949. The van der Waals surface area contributed by atoms with E-state index in [9.17, 15) is 9.90 Å². The Kier molecular flexibility index (Phi) is 6.37. The summed E-state index contributed by atoms with van der Waals surface area (Å²) in [6.45, 7) is 2.01. The maximum Gasteiger partial charge on any atom is 0.330 e. The summed E-state index contributed by atoms with van der Waals surface area (Å²) in [6.07, 6.45) is 1.54. The van der Waals surface area contributed by atoms with E-state index in [0.717, 1.165) is 27.9 Å². The van der Waals surface area contributed by atoms with E-state index in [-0.39, 0.29) is 0 Å². The molecule has 3 aromatic carbocycles. The van der Waals surface area contributed by atoms with E-state index in [0.29, 0.717) is 11.3 Å². The van der Waals surface area contributed by atoms with Gasteiger partial charge in [-0.1, -0.05) is 42.5 Å². The van der Waals surface area contributed by atoms with Crippen molar-refractivity contribution in [3.05, 3.63) is 83.4 Å². The predicted molar refractivity (Wildman–Crippen MR) is 123 cm³/mol. The first-order chi connectivity index (χ1) is 14.4. The SMILES string of the molecule is Cc1cc(-c2ccccc2)cc(C(Nc2ccc(C=NN)cc2)C(=O)O)c1N(C)C. The number of hydrazone groups is 1. The molecule has 6 nitrogen and oxygen atoms in total. The minimum absolute atomic E-state index is 0.698. The van der Waals surface area contributed by atoms with Crippen molar-refractivity contribution < 1.29 is 9.90 Å². The number of carboxylic acids is 1. The topological polar surface area (TPSA) is 90.9 Å². The standard InChI is InChI=1S/C24H26N4O2/c1-16-13-19(18-7-5-4-6-8-18)14-21(23(16)28(2)3)22(24(29)30)27-20-11-9-17(10-12-20)15-26-25/h4-15,22,27H,25H2,1-3H3,(H,29,30). The van der Waals surface area contributed by atoms with Crippen LogP contribution in [0.25, 0.3) is 11.1 Å². The number of carboxylic acid groups (broad SMARTS) is 1. The molecule has 0 aliphatic rings. The van der Waals surface area contributed by atoms with Crippen molar-refractivity contribution in [1.82, 2.24) is 0 Å². The predicted octanol–water partition coefficient (Wildman–Crippen LogP) is 4.26. The highest BCUT2D eigenvalue weighted by molar-refractivity contribution is 5.85. The number of anilines is 2. The molecule has 0 saturated heterocycles. The summed E-state index contributed by atoms with van der Waals surface area (Å²) < 4.78 is 0. The Morgan fingerprint density at radius 2 is 1.73 bits per heavy atom. The largest absolute Gasteiger partial charge is 0.479 e. The number of aryl methyl sites for hydroxylation is 1. The molecule has 0 bridgehead atoms. The molecule has 0 saturated carbocycles. The first-order valence-electron chi connectivity index (χ1n) is 9.60. The van der Waals surface area contributed by atoms with Gasteiger partial charge in [0, 0.05) is 31.0 Å². The van der Waals surface area contributed by atoms with Gasteiger partial charge in [-0.05, 0) is 53.4 Å². The van der Waals surface area contributed by atoms with Crippen LogP contribution < -0.4 is 16.1 Å². The van der Waals surface area contributed by atoms with Gasteiger partial charge < -0.3 is 21.2 Å². The molecule has 0 radical (unpaired) electrons. The number of nitrogens with two attached hydrogens (primary N) is 1. The van der Waals surface area contributed by atoms with Crippen LogP contribution in [0.2, 0.25) is 0 Å². The fraction of sp³-hybridized carbons (Fsp3) is 0.167. The van der Waals surface area contributed by atoms with Crippen LogP contribution in [0.1, 0.15) is 22.7 Å². The first kappa shape index (κ1) is 20.9. The zero-order valence-electron chi connectivity index (χ0n) is 17.3. The molecule has 1 atom stereocenters. The molecule has 30 heavy (non-hydrogen) atoms. The summed E-state index contributed by atoms with van der Waals surface area (Å²) in [6, 6.07) is 20.4. The van der Waals surface area contributed by atoms with Crippen LogP contribution in [0, 0.1) is 6.92 Å². The molecule has 0 aliphatic heterocycles. The lowest BCUT2D eigenvalue weighted by Gasteiger charge is -2.26. The molecule has 3 aromatic rings. The van der Waals surface area contributed by atoms with E-state index in [1.54, 1.807) is 0 Å². The maximum atomic E-state index is 12.3. The zero-order chi connectivity index (χ0) is 21.7. The fourth-order valence-electron chi connectivity index (χ4n) is 3.63. The Labute approximate surface area is 176 Å². The van der Waals surface area contributed by atoms with Gasteiger partial charge in [0.15, 0.2) is 6.04 Å². The monoisotopic (exact) mass is 402 g/mol. The summed E-state index contributed by atoms with van der Waals surface area (Å²) in [5.41, 5.74) is 6.17. The molecule has 0 amide bonds. The lowest BCUT2D eigenvalue weighted by molar-refractivity contribution is -0.138. The van der Waals surface area contributed by atoms with Crippen LogP contribution in [-0.4, -0.2) is 31.4 Å². The Morgan fingerprint density at radius 3 is 2.30 bits per heavy atom. The quantitative estimate of drug-likeness (QED) is 0.312. The van der Waals surface area contributed by atoms with E-state index in [1.165, 1.54) is 6.21 Å². The Bertz CT molecular complexity index is 1040. The molecule has 0 aromatic heterocycles. The molecule has 4 N–H and O–H groups in total. The summed E-state index contributed by atoms with van der Waals surface area (Å²) in [5.74, 6) is 4.24. The number of carbonyl (C=O) groups is 1. The fourth-order valence-corrected chi connectivity index (χ4v) is 3.63. The Morgan fingerprint density at radius 1 is 1.07 bits per heavy atom. The van der Waals surface area contributed by atoms with Crippen LogP contribution in [-0.2, 0) is 4.79 Å². The van der Waals surface area contributed by atoms with Gasteiger partial charge in [0.25, 0.3) is 0 Å². The minimum Gasteiger partial charge on any atom is -0.479 e. The van der Waals surface area contributed by atoms with Gasteiger partial charge in [0.05, 0.1) is 6.21 Å². The van der Waals surface area contributed by atoms with Gasteiger partial charge in [-0.15, -0.1) is 0 Å². The van der Waals surface area contributed by atoms with Crippen LogP contribution in [0.4, 0.5) is 11.4 Å². The highest BCUT2D eigenvalue weighted by atomic mass is 16.4. The Hall–Kier alpha value is -3.80. The zero-order valence-corrected chi connectivity index (χ0v) is 17.3. The van der Waals surface area contributed by atoms with E-state index < -0.39 is 12.0 Å². The third kappa shape index (κ3) is 4.60. The number of hydrogen-bond acceptors (Lipinski definition) is 5. The molecule has 0 heterocycles. The summed E-state index contributed by atoms with van der Waals surface area (Å²) in [4.78, 5) is 14.2. The van der Waals surface area contributed by atoms with Crippen molar-refractivity contribution in [1.29, 1.82) is 0 Å². The van der Waals surface area contributed by atoms with Crippen molar-refractivity contribution in [3.8, 4) is 11.1 Å². The molecular weight excluding hydrogens is 376 g/mol. The summed E-state index contributed by atoms with van der Waals surface area (Å²) in [5, 5.41) is 16.7. The van der Waals surface area contributed by atoms with E-state index in [2.05, 4.69) is 16.5 Å². The second-order valence-corrected chi connectivity index (χ2v) is 7.31. The van der Waals surface area contributed by atoms with Crippen molar-refractivity contribution in [3.63, 3.8) is 0 Å². The number of nitrogens with one attached hydrogen (secondary N) is 1. The third-order valence-corrected chi connectivity index (χ3v) is 4.89. The molecule has 0 fully saturated rings. The lowest BCUT2D eigenvalue weighted by Crippen LogP contribution is -2.24. The van der Waals surface area contributed by atoms with Crippen molar-refractivity contribution in [2.45, 2.75) is 13.0 Å². The lowest BCUT2D eigenvalue weighted by atomic mass is 9.93. The number of benzene rings is 3. The Balaban J connectivity index is 2.08. The number of nitrogens with zero attached hydrogens (tertiary/aromatic N) is 2. The van der Waals surface area contributed by atoms with E-state index in [1.807, 2.05) is 86.6 Å². The highest BCUT2D eigenvalue weighted by Crippen LogP contribution is 2.35. The van der Waals surface area contributed by atoms with E-state index in [4.69, 9.17) is 5.84 Å². The van der Waals surface area contributed by atoms with Gasteiger partial charge >= 0.3 is 5.97 Å². The van der Waals surface area contributed by atoms with Gasteiger partial charge in [-0.25, -0.2) is 4.79 Å². The van der Waals surface area contributed by atoms with E-state index >= 15 is 0 Å². The van der Waals surface area contributed by atoms with Gasteiger partial charge in [-0.3, -0.25) is 0 Å². The molecule has 0 aliphatic carbocycles. The first-order valence-corrected chi connectivity index (χ1v) is 9.60. The van der Waals surface area contributed by atoms with Gasteiger partial charge in [0.1, 0.15) is 0 Å². The molecule has 1 unspecified atom stereocenters. The van der Waals surface area contributed by atoms with Crippen LogP contribution >= 0.6 is 0 Å². The number of rotatable bonds is 7. The molecule has 6 heteroatoms. The average Bonchev–Trinajstić information content (AvgIpc) is 2.73. The van der Waals surface area contributed by atoms with Gasteiger partial charge in [0.2, 0.25) is 0 Å². The molecule has 154 valence electrons. The third-order valence-electron chi connectivity index (χ3n) is 4.89. The summed E-state index contributed by atoms with van der Waals surface area (Å²) in [7, 11) is 3.85. The second-order valence-electron chi connectivity index (χ2n) is 7.31. The number of hydrogen-bond donors (Lipinski definition) is 3. The average molecular weight is 402 g/mol. The highest BCUT2D eigenvalue weighted by Gasteiger charge is 2.25. The van der Waals surface area contributed by atoms with Gasteiger partial charge in [-0.2, -0.15) is 5.10 Å². The molecular formula is C24H26N4O2. The van der Waals surface area contributed by atoms with Crippen molar-refractivity contribution >= 4 is 23.6 Å². The van der Waals surface area contributed by atoms with Crippen molar-refractivity contribution in [2.24, 2.45) is 10.9 Å². The molecule has 0 spiro atoms. The van der Waals surface area contributed by atoms with Crippen LogP contribution in [0.15, 0.2) is 71.8 Å². The molecule has 3 rings (SSSR count). The maximum absolute atomic E-state index is 12.3. The normalized spacial score (nSPS) is 12.0. The smallest absolute Gasteiger partial charge is 0.330 e.